The Hall–Kier alpha value is -1.02. The van der Waals surface area contributed by atoms with E-state index in [1.54, 1.807) is 0 Å². The summed E-state index contributed by atoms with van der Waals surface area (Å²) in [6, 6.07) is 14.0. The van der Waals surface area contributed by atoms with E-state index in [1.165, 1.54) is 5.56 Å². The quantitative estimate of drug-likeness (QED) is 0.738. The first-order chi connectivity index (χ1) is 8.75. The SMILES string of the molecule is Clc1cc(Cl)c2c(c1)COCC2c1ccccc1. The van der Waals surface area contributed by atoms with E-state index >= 15 is 0 Å². The van der Waals surface area contributed by atoms with Crippen LogP contribution in [0.5, 0.6) is 0 Å². The van der Waals surface area contributed by atoms with Gasteiger partial charge in [-0.3, -0.25) is 0 Å². The molecule has 0 saturated heterocycles. The number of ether oxygens (including phenoxy) is 1. The summed E-state index contributed by atoms with van der Waals surface area (Å²) in [5, 5.41) is 1.39. The molecule has 0 saturated carbocycles. The van der Waals surface area contributed by atoms with E-state index in [0.29, 0.717) is 18.2 Å². The molecule has 1 nitrogen and oxygen atoms in total. The van der Waals surface area contributed by atoms with Crippen LogP contribution in [0.3, 0.4) is 0 Å². The molecule has 1 aliphatic rings. The van der Waals surface area contributed by atoms with Crippen LogP contribution in [0.15, 0.2) is 42.5 Å². The standard InChI is InChI=1S/C15H12Cl2O/c16-12-6-11-8-18-9-13(15(11)14(17)7-12)10-4-2-1-3-5-10/h1-7,13H,8-9H2. The second-order valence-corrected chi connectivity index (χ2v) is 5.28. The molecule has 1 heterocycles. The van der Waals surface area contributed by atoms with Gasteiger partial charge in [0.05, 0.1) is 13.2 Å². The van der Waals surface area contributed by atoms with Gasteiger partial charge in [0.15, 0.2) is 0 Å². The van der Waals surface area contributed by atoms with Crippen LogP contribution in [-0.2, 0) is 11.3 Å². The van der Waals surface area contributed by atoms with Gasteiger partial charge >= 0.3 is 0 Å². The van der Waals surface area contributed by atoms with Crippen molar-refractivity contribution in [3.63, 3.8) is 0 Å². The molecular formula is C15H12Cl2O. The number of rotatable bonds is 1. The fraction of sp³-hybridized carbons (Fsp3) is 0.200. The minimum absolute atomic E-state index is 0.194. The van der Waals surface area contributed by atoms with Gasteiger partial charge in [0.1, 0.15) is 0 Å². The van der Waals surface area contributed by atoms with Gasteiger partial charge in [-0.05, 0) is 28.8 Å². The molecule has 2 aromatic carbocycles. The third-order valence-corrected chi connectivity index (χ3v) is 3.80. The average Bonchev–Trinajstić information content (AvgIpc) is 2.38. The third-order valence-electron chi connectivity index (χ3n) is 3.27. The van der Waals surface area contributed by atoms with E-state index in [4.69, 9.17) is 27.9 Å². The highest BCUT2D eigenvalue weighted by Crippen LogP contribution is 2.38. The molecular weight excluding hydrogens is 267 g/mol. The molecule has 18 heavy (non-hydrogen) atoms. The van der Waals surface area contributed by atoms with Gasteiger partial charge in [-0.2, -0.15) is 0 Å². The Labute approximate surface area is 116 Å². The van der Waals surface area contributed by atoms with Gasteiger partial charge in [0, 0.05) is 16.0 Å². The summed E-state index contributed by atoms with van der Waals surface area (Å²) in [6.07, 6.45) is 0. The zero-order valence-electron chi connectivity index (χ0n) is 9.70. The van der Waals surface area contributed by atoms with Crippen LogP contribution >= 0.6 is 23.2 Å². The lowest BCUT2D eigenvalue weighted by Crippen LogP contribution is -2.18. The smallest absolute Gasteiger partial charge is 0.0721 e. The van der Waals surface area contributed by atoms with Crippen LogP contribution in [0.1, 0.15) is 22.6 Å². The summed E-state index contributed by atoms with van der Waals surface area (Å²) in [7, 11) is 0. The van der Waals surface area contributed by atoms with Crippen molar-refractivity contribution >= 4 is 23.2 Å². The fourth-order valence-electron chi connectivity index (χ4n) is 2.47. The summed E-state index contributed by atoms with van der Waals surface area (Å²) >= 11 is 12.4. The van der Waals surface area contributed by atoms with E-state index in [0.717, 1.165) is 16.1 Å². The van der Waals surface area contributed by atoms with Crippen molar-refractivity contribution in [2.45, 2.75) is 12.5 Å². The maximum atomic E-state index is 6.35. The largest absolute Gasteiger partial charge is 0.376 e. The van der Waals surface area contributed by atoms with Crippen molar-refractivity contribution in [1.82, 2.24) is 0 Å². The average molecular weight is 279 g/mol. The Morgan fingerprint density at radius 2 is 1.83 bits per heavy atom. The molecule has 0 spiro atoms. The molecule has 0 amide bonds. The van der Waals surface area contributed by atoms with Gasteiger partial charge < -0.3 is 4.74 Å². The van der Waals surface area contributed by atoms with Crippen molar-refractivity contribution in [3.05, 3.63) is 69.2 Å². The van der Waals surface area contributed by atoms with Crippen molar-refractivity contribution in [1.29, 1.82) is 0 Å². The van der Waals surface area contributed by atoms with Crippen molar-refractivity contribution in [3.8, 4) is 0 Å². The first-order valence-corrected chi connectivity index (χ1v) is 6.62. The number of fused-ring (bicyclic) bond motifs is 1. The molecule has 0 aliphatic carbocycles. The maximum absolute atomic E-state index is 6.35. The van der Waals surface area contributed by atoms with Crippen LogP contribution in [-0.4, -0.2) is 6.61 Å². The highest BCUT2D eigenvalue weighted by atomic mass is 35.5. The van der Waals surface area contributed by atoms with Crippen LogP contribution in [0.4, 0.5) is 0 Å². The van der Waals surface area contributed by atoms with Crippen LogP contribution in [0.2, 0.25) is 10.0 Å². The summed E-state index contributed by atoms with van der Waals surface area (Å²) in [4.78, 5) is 0. The van der Waals surface area contributed by atoms with Gasteiger partial charge in [0.25, 0.3) is 0 Å². The minimum Gasteiger partial charge on any atom is -0.376 e. The normalized spacial score (nSPS) is 18.4. The van der Waals surface area contributed by atoms with Crippen LogP contribution in [0, 0.1) is 0 Å². The molecule has 2 aromatic rings. The van der Waals surface area contributed by atoms with Crippen LogP contribution in [0.25, 0.3) is 0 Å². The monoisotopic (exact) mass is 278 g/mol. The lowest BCUT2D eigenvalue weighted by Gasteiger charge is -2.27. The number of benzene rings is 2. The van der Waals surface area contributed by atoms with E-state index in [2.05, 4.69) is 12.1 Å². The Balaban J connectivity index is 2.12. The Morgan fingerprint density at radius 3 is 2.61 bits per heavy atom. The summed E-state index contributed by atoms with van der Waals surface area (Å²) in [5.41, 5.74) is 3.47. The van der Waals surface area contributed by atoms with Crippen molar-refractivity contribution < 1.29 is 4.74 Å². The number of halogens is 2. The van der Waals surface area contributed by atoms with E-state index in [9.17, 15) is 0 Å². The molecule has 0 aromatic heterocycles. The molecule has 3 rings (SSSR count). The molecule has 0 fully saturated rings. The second kappa shape index (κ2) is 4.93. The highest BCUT2D eigenvalue weighted by molar-refractivity contribution is 6.35. The number of hydrogen-bond donors (Lipinski definition) is 0. The lowest BCUT2D eigenvalue weighted by molar-refractivity contribution is 0.0994. The van der Waals surface area contributed by atoms with E-state index in [1.807, 2.05) is 30.3 Å². The van der Waals surface area contributed by atoms with Gasteiger partial charge in [-0.15, -0.1) is 0 Å². The topological polar surface area (TPSA) is 9.23 Å². The van der Waals surface area contributed by atoms with Gasteiger partial charge in [-0.1, -0.05) is 53.5 Å². The maximum Gasteiger partial charge on any atom is 0.0721 e. The fourth-order valence-corrected chi connectivity index (χ4v) is 3.13. The first-order valence-electron chi connectivity index (χ1n) is 5.86. The summed E-state index contributed by atoms with van der Waals surface area (Å²) < 4.78 is 5.66. The Morgan fingerprint density at radius 1 is 1.06 bits per heavy atom. The molecule has 0 radical (unpaired) electrons. The molecule has 1 unspecified atom stereocenters. The predicted molar refractivity (Wildman–Crippen MR) is 74.4 cm³/mol. The molecule has 1 atom stereocenters. The molecule has 0 N–H and O–H groups in total. The Kier molecular flexibility index (Phi) is 3.29. The molecule has 92 valence electrons. The van der Waals surface area contributed by atoms with Crippen molar-refractivity contribution in [2.24, 2.45) is 0 Å². The highest BCUT2D eigenvalue weighted by Gasteiger charge is 2.25. The van der Waals surface area contributed by atoms with Crippen LogP contribution < -0.4 is 0 Å². The minimum atomic E-state index is 0.194. The number of hydrogen-bond acceptors (Lipinski definition) is 1. The van der Waals surface area contributed by atoms with Gasteiger partial charge in [-0.25, -0.2) is 0 Å². The zero-order valence-corrected chi connectivity index (χ0v) is 11.2. The molecule has 0 bridgehead atoms. The third kappa shape index (κ3) is 2.14. The van der Waals surface area contributed by atoms with Crippen molar-refractivity contribution in [2.75, 3.05) is 6.61 Å². The predicted octanol–water partition coefficient (Wildman–Crippen LogP) is 4.66. The van der Waals surface area contributed by atoms with Gasteiger partial charge in [0.2, 0.25) is 0 Å². The lowest BCUT2D eigenvalue weighted by atomic mass is 9.87. The molecule has 1 aliphatic heterocycles. The first kappa shape index (κ1) is 12.0. The summed E-state index contributed by atoms with van der Waals surface area (Å²) in [5.74, 6) is 0.194. The van der Waals surface area contributed by atoms with E-state index < -0.39 is 0 Å². The summed E-state index contributed by atoms with van der Waals surface area (Å²) in [6.45, 7) is 1.25. The Bertz CT molecular complexity index is 566. The zero-order chi connectivity index (χ0) is 12.5. The molecule has 3 heteroatoms. The second-order valence-electron chi connectivity index (χ2n) is 4.44. The van der Waals surface area contributed by atoms with E-state index in [-0.39, 0.29) is 5.92 Å².